The van der Waals surface area contributed by atoms with Gasteiger partial charge in [0.1, 0.15) is 0 Å². The number of halogens is 1. The van der Waals surface area contributed by atoms with Crippen molar-refractivity contribution in [1.29, 1.82) is 0 Å². The first-order chi connectivity index (χ1) is 9.45. The number of aromatic nitrogens is 2. The number of carbonyl (C=O) groups is 1. The van der Waals surface area contributed by atoms with Crippen molar-refractivity contribution in [3.8, 4) is 0 Å². The Balaban J connectivity index is 1.97. The van der Waals surface area contributed by atoms with Crippen molar-refractivity contribution < 1.29 is 13.2 Å². The van der Waals surface area contributed by atoms with Crippen LogP contribution in [-0.4, -0.2) is 24.3 Å². The number of anilines is 2. The lowest BCUT2D eigenvalue weighted by atomic mass is 10.1. The van der Waals surface area contributed by atoms with Gasteiger partial charge in [-0.2, -0.15) is 8.42 Å². The van der Waals surface area contributed by atoms with Gasteiger partial charge in [0.25, 0.3) is 10.0 Å². The molecule has 0 radical (unpaired) electrons. The lowest BCUT2D eigenvalue weighted by molar-refractivity contribution is -0.115. The van der Waals surface area contributed by atoms with Crippen LogP contribution in [-0.2, 0) is 21.2 Å². The Labute approximate surface area is 119 Å². The summed E-state index contributed by atoms with van der Waals surface area (Å²) in [5.41, 5.74) is 1.52. The number of fused-ring (bicyclic) bond motifs is 1. The predicted octanol–water partition coefficient (Wildman–Crippen LogP) is 1.36. The largest absolute Gasteiger partial charge is 0.334 e. The first-order valence-electron chi connectivity index (χ1n) is 5.59. The van der Waals surface area contributed by atoms with Crippen LogP contribution in [0.15, 0.2) is 29.7 Å². The quantitative estimate of drug-likeness (QED) is 0.796. The molecule has 9 heteroatoms. The average molecular weight is 313 g/mol. The molecule has 0 saturated carbocycles. The fourth-order valence-electron chi connectivity index (χ4n) is 1.92. The summed E-state index contributed by atoms with van der Waals surface area (Å²) in [6.07, 6.45) is 2.65. The molecule has 1 amide bonds. The Bertz CT molecular complexity index is 786. The highest BCUT2D eigenvalue weighted by atomic mass is 35.5. The molecule has 2 aromatic rings. The lowest BCUT2D eigenvalue weighted by Crippen LogP contribution is -2.13. The first kappa shape index (κ1) is 12.9. The van der Waals surface area contributed by atoms with Gasteiger partial charge in [0.05, 0.1) is 29.7 Å². The van der Waals surface area contributed by atoms with Gasteiger partial charge in [-0.1, -0.05) is 11.6 Å². The third kappa shape index (κ3) is 2.23. The van der Waals surface area contributed by atoms with Crippen molar-refractivity contribution in [2.45, 2.75) is 11.4 Å². The number of benzene rings is 1. The van der Waals surface area contributed by atoms with Gasteiger partial charge in [0.15, 0.2) is 5.03 Å². The summed E-state index contributed by atoms with van der Waals surface area (Å²) in [7, 11) is -3.78. The maximum atomic E-state index is 12.1. The van der Waals surface area contributed by atoms with Crippen LogP contribution in [0.4, 0.5) is 11.4 Å². The second-order valence-corrected chi connectivity index (χ2v) is 6.29. The molecule has 0 bridgehead atoms. The standard InChI is InChI=1S/C11H9ClN4O3S/c12-7-3-8-6(2-10(17)15-8)1-9(7)16-20(18,19)11-4-13-5-14-11/h1,3-5,16H,2H2,(H,13,14)(H,15,17). The molecule has 0 saturated heterocycles. The Hall–Kier alpha value is -2.06. The number of imidazole rings is 1. The number of carbonyl (C=O) groups excluding carboxylic acids is 1. The second-order valence-electron chi connectivity index (χ2n) is 4.24. The van der Waals surface area contributed by atoms with Crippen LogP contribution in [0.5, 0.6) is 0 Å². The average Bonchev–Trinajstić information content (AvgIpc) is 2.98. The van der Waals surface area contributed by atoms with E-state index in [0.29, 0.717) is 11.3 Å². The molecule has 20 heavy (non-hydrogen) atoms. The Morgan fingerprint density at radius 1 is 1.35 bits per heavy atom. The highest BCUT2D eigenvalue weighted by molar-refractivity contribution is 7.92. The van der Waals surface area contributed by atoms with Gasteiger partial charge in [-0.25, -0.2) is 4.98 Å². The third-order valence-electron chi connectivity index (χ3n) is 2.82. The minimum atomic E-state index is -3.78. The number of hydrogen-bond donors (Lipinski definition) is 3. The van der Waals surface area contributed by atoms with Crippen LogP contribution in [0.2, 0.25) is 5.02 Å². The van der Waals surface area contributed by atoms with Crippen LogP contribution in [0.1, 0.15) is 5.56 Å². The van der Waals surface area contributed by atoms with Crippen LogP contribution in [0, 0.1) is 0 Å². The first-order valence-corrected chi connectivity index (χ1v) is 7.45. The number of H-pyrrole nitrogens is 1. The summed E-state index contributed by atoms with van der Waals surface area (Å²) in [5.74, 6) is -0.148. The van der Waals surface area contributed by atoms with Gasteiger partial charge in [-0.15, -0.1) is 0 Å². The topological polar surface area (TPSA) is 104 Å². The molecule has 0 unspecified atom stereocenters. The van der Waals surface area contributed by atoms with Gasteiger partial charge in [0.2, 0.25) is 5.91 Å². The van der Waals surface area contributed by atoms with Crippen molar-refractivity contribution in [1.82, 2.24) is 9.97 Å². The number of amides is 1. The zero-order chi connectivity index (χ0) is 14.3. The summed E-state index contributed by atoms with van der Waals surface area (Å²) < 4.78 is 26.5. The van der Waals surface area contributed by atoms with Crippen LogP contribution < -0.4 is 10.0 Å². The fourth-order valence-corrected chi connectivity index (χ4v) is 3.16. The molecule has 1 aliphatic heterocycles. The summed E-state index contributed by atoms with van der Waals surface area (Å²) in [6, 6.07) is 3.07. The van der Waals surface area contributed by atoms with Gasteiger partial charge in [0, 0.05) is 5.69 Å². The van der Waals surface area contributed by atoms with Crippen LogP contribution >= 0.6 is 11.6 Å². The Morgan fingerprint density at radius 2 is 2.15 bits per heavy atom. The lowest BCUT2D eigenvalue weighted by Gasteiger charge is -2.10. The highest BCUT2D eigenvalue weighted by Gasteiger charge is 2.22. The molecule has 1 aliphatic rings. The van der Waals surface area contributed by atoms with E-state index in [1.165, 1.54) is 18.6 Å². The molecule has 1 aromatic carbocycles. The van der Waals surface area contributed by atoms with Crippen LogP contribution in [0.25, 0.3) is 0 Å². The smallest absolute Gasteiger partial charge is 0.279 e. The molecule has 0 spiro atoms. The maximum Gasteiger partial charge on any atom is 0.279 e. The van der Waals surface area contributed by atoms with Crippen molar-refractivity contribution in [2.75, 3.05) is 10.0 Å². The summed E-state index contributed by atoms with van der Waals surface area (Å²) in [6.45, 7) is 0. The monoisotopic (exact) mass is 312 g/mol. The normalized spacial score (nSPS) is 13.9. The van der Waals surface area contributed by atoms with E-state index >= 15 is 0 Å². The molecule has 7 nitrogen and oxygen atoms in total. The SMILES string of the molecule is O=C1Cc2cc(NS(=O)(=O)c3cnc[nH]3)c(Cl)cc2N1. The fraction of sp³-hybridized carbons (Fsp3) is 0.0909. The van der Waals surface area contributed by atoms with Crippen molar-refractivity contribution >= 4 is 38.9 Å². The minimum absolute atomic E-state index is 0.0664. The molecular weight excluding hydrogens is 304 g/mol. The summed E-state index contributed by atoms with van der Waals surface area (Å²) >= 11 is 6.02. The number of nitrogens with zero attached hydrogens (tertiary/aromatic N) is 1. The van der Waals surface area contributed by atoms with Gasteiger partial charge in [-0.3, -0.25) is 9.52 Å². The zero-order valence-corrected chi connectivity index (χ0v) is 11.5. The van der Waals surface area contributed by atoms with Gasteiger partial charge >= 0.3 is 0 Å². The van der Waals surface area contributed by atoms with E-state index in [4.69, 9.17) is 11.6 Å². The zero-order valence-electron chi connectivity index (χ0n) is 9.97. The number of nitrogens with one attached hydrogen (secondary N) is 3. The second kappa shape index (κ2) is 4.50. The van der Waals surface area contributed by atoms with Crippen LogP contribution in [0.3, 0.4) is 0 Å². The third-order valence-corrected chi connectivity index (χ3v) is 4.43. The molecule has 3 N–H and O–H groups in total. The van der Waals surface area contributed by atoms with E-state index < -0.39 is 10.0 Å². The van der Waals surface area contributed by atoms with E-state index in [0.717, 1.165) is 0 Å². The van der Waals surface area contributed by atoms with E-state index in [1.54, 1.807) is 6.07 Å². The Morgan fingerprint density at radius 3 is 2.85 bits per heavy atom. The molecule has 3 rings (SSSR count). The molecule has 2 heterocycles. The maximum absolute atomic E-state index is 12.1. The van der Waals surface area contributed by atoms with E-state index in [1.807, 2.05) is 0 Å². The van der Waals surface area contributed by atoms with E-state index in [-0.39, 0.29) is 28.1 Å². The van der Waals surface area contributed by atoms with Crippen molar-refractivity contribution in [2.24, 2.45) is 0 Å². The summed E-state index contributed by atoms with van der Waals surface area (Å²) in [4.78, 5) is 17.5. The molecule has 104 valence electrons. The van der Waals surface area contributed by atoms with E-state index in [9.17, 15) is 13.2 Å². The summed E-state index contributed by atoms with van der Waals surface area (Å²) in [5, 5.41) is 2.78. The number of aromatic amines is 1. The van der Waals surface area contributed by atoms with E-state index in [2.05, 4.69) is 20.0 Å². The highest BCUT2D eigenvalue weighted by Crippen LogP contribution is 2.33. The number of hydrogen-bond acceptors (Lipinski definition) is 4. The van der Waals surface area contributed by atoms with Crippen molar-refractivity contribution in [3.05, 3.63) is 35.2 Å². The molecule has 0 aliphatic carbocycles. The molecule has 0 atom stereocenters. The van der Waals surface area contributed by atoms with Gasteiger partial charge in [-0.05, 0) is 17.7 Å². The molecule has 0 fully saturated rings. The number of rotatable bonds is 3. The minimum Gasteiger partial charge on any atom is -0.334 e. The number of sulfonamides is 1. The molecular formula is C11H9ClN4O3S. The van der Waals surface area contributed by atoms with Gasteiger partial charge < -0.3 is 10.3 Å². The van der Waals surface area contributed by atoms with Crippen molar-refractivity contribution in [3.63, 3.8) is 0 Å². The Kier molecular flexibility index (Phi) is 2.91. The molecule has 1 aromatic heterocycles. The predicted molar refractivity (Wildman–Crippen MR) is 73.2 cm³/mol.